The van der Waals surface area contributed by atoms with Gasteiger partial charge in [-0.1, -0.05) is 12.1 Å². The molecule has 1 atom stereocenters. The maximum atomic E-state index is 12.8. The molecule has 0 saturated carbocycles. The Morgan fingerprint density at radius 1 is 1.17 bits per heavy atom. The lowest BCUT2D eigenvalue weighted by Crippen LogP contribution is -2.00. The van der Waals surface area contributed by atoms with Gasteiger partial charge in [-0.05, 0) is 41.8 Å². The van der Waals surface area contributed by atoms with E-state index in [1.54, 1.807) is 30.6 Å². The Bertz CT molecular complexity index is 548. The number of nitrogens with zero attached hydrogens (tertiary/aromatic N) is 2. The van der Waals surface area contributed by atoms with Crippen LogP contribution in [0.5, 0.6) is 0 Å². The average molecular weight is 242 g/mol. The van der Waals surface area contributed by atoms with Crippen LogP contribution in [0, 0.1) is 5.82 Å². The first-order valence-corrected chi connectivity index (χ1v) is 5.51. The molecule has 0 aliphatic carbocycles. The van der Waals surface area contributed by atoms with Gasteiger partial charge in [-0.25, -0.2) is 9.18 Å². The smallest absolute Gasteiger partial charge is 0.235 e. The molecule has 0 aliphatic rings. The van der Waals surface area contributed by atoms with Gasteiger partial charge in [0.1, 0.15) is 5.82 Å². The van der Waals surface area contributed by atoms with Crippen molar-refractivity contribution < 1.29 is 9.18 Å². The monoisotopic (exact) mass is 242 g/mol. The molecule has 0 radical (unpaired) electrons. The van der Waals surface area contributed by atoms with Crippen molar-refractivity contribution in [2.24, 2.45) is 4.99 Å². The Morgan fingerprint density at radius 3 is 2.44 bits per heavy atom. The zero-order valence-electron chi connectivity index (χ0n) is 9.58. The molecule has 18 heavy (non-hydrogen) atoms. The summed E-state index contributed by atoms with van der Waals surface area (Å²) in [4.78, 5) is 18.2. The highest BCUT2D eigenvalue weighted by molar-refractivity contribution is 5.36. The quantitative estimate of drug-likeness (QED) is 0.611. The van der Waals surface area contributed by atoms with Crippen molar-refractivity contribution in [2.45, 2.75) is 12.5 Å². The van der Waals surface area contributed by atoms with E-state index in [0.29, 0.717) is 6.42 Å². The second-order valence-corrected chi connectivity index (χ2v) is 3.85. The number of hydrogen-bond donors (Lipinski definition) is 0. The van der Waals surface area contributed by atoms with E-state index in [2.05, 4.69) is 9.98 Å². The predicted octanol–water partition coefficient (Wildman–Crippen LogP) is 2.84. The number of isocyanates is 1. The van der Waals surface area contributed by atoms with E-state index < -0.39 is 0 Å². The molecule has 0 amide bonds. The lowest BCUT2D eigenvalue weighted by Gasteiger charge is -2.10. The van der Waals surface area contributed by atoms with Crippen LogP contribution in [-0.2, 0) is 11.2 Å². The third-order valence-electron chi connectivity index (χ3n) is 2.64. The maximum Gasteiger partial charge on any atom is 0.235 e. The topological polar surface area (TPSA) is 42.3 Å². The number of benzene rings is 1. The van der Waals surface area contributed by atoms with Gasteiger partial charge in [0.05, 0.1) is 6.04 Å². The molecule has 0 N–H and O–H groups in total. The molecule has 0 aliphatic heterocycles. The molecular weight excluding hydrogens is 231 g/mol. The lowest BCUT2D eigenvalue weighted by atomic mass is 10.0. The number of carbonyl (C=O) groups excluding carboxylic acids is 1. The molecule has 0 spiro atoms. The van der Waals surface area contributed by atoms with Crippen LogP contribution in [0.3, 0.4) is 0 Å². The fraction of sp³-hybridized carbons (Fsp3) is 0.143. The minimum Gasteiger partial charge on any atom is -0.265 e. The Kier molecular flexibility index (Phi) is 3.94. The van der Waals surface area contributed by atoms with E-state index in [9.17, 15) is 9.18 Å². The summed E-state index contributed by atoms with van der Waals surface area (Å²) in [6.07, 6.45) is 5.49. The largest absolute Gasteiger partial charge is 0.265 e. The summed E-state index contributed by atoms with van der Waals surface area (Å²) in [6, 6.07) is 9.34. The van der Waals surface area contributed by atoms with E-state index in [0.717, 1.165) is 11.1 Å². The second-order valence-electron chi connectivity index (χ2n) is 3.85. The Hall–Kier alpha value is -2.32. The van der Waals surface area contributed by atoms with Crippen LogP contribution < -0.4 is 0 Å². The standard InChI is InChI=1S/C14H11FN2O/c15-13-3-1-12(2-4-13)14(17-10-18)9-11-5-7-16-8-6-11/h1-8,14H,9H2. The molecule has 4 heteroatoms. The first-order valence-electron chi connectivity index (χ1n) is 5.51. The van der Waals surface area contributed by atoms with Crippen molar-refractivity contribution >= 4 is 6.08 Å². The fourth-order valence-electron chi connectivity index (χ4n) is 1.73. The first kappa shape index (κ1) is 12.1. The number of rotatable bonds is 4. The van der Waals surface area contributed by atoms with Crippen LogP contribution in [0.15, 0.2) is 53.8 Å². The van der Waals surface area contributed by atoms with Crippen LogP contribution in [0.2, 0.25) is 0 Å². The van der Waals surface area contributed by atoms with E-state index in [-0.39, 0.29) is 11.9 Å². The summed E-state index contributed by atoms with van der Waals surface area (Å²) in [5.74, 6) is -0.309. The number of pyridine rings is 1. The van der Waals surface area contributed by atoms with E-state index in [4.69, 9.17) is 0 Å². The van der Waals surface area contributed by atoms with Crippen molar-refractivity contribution in [2.75, 3.05) is 0 Å². The highest BCUT2D eigenvalue weighted by atomic mass is 19.1. The third kappa shape index (κ3) is 3.09. The third-order valence-corrected chi connectivity index (χ3v) is 2.64. The molecule has 1 heterocycles. The van der Waals surface area contributed by atoms with Gasteiger partial charge >= 0.3 is 0 Å². The average Bonchev–Trinajstić information content (AvgIpc) is 2.40. The van der Waals surface area contributed by atoms with Crippen LogP contribution in [0.25, 0.3) is 0 Å². The highest BCUT2D eigenvalue weighted by Gasteiger charge is 2.11. The summed E-state index contributed by atoms with van der Waals surface area (Å²) in [6.45, 7) is 0. The van der Waals surface area contributed by atoms with Crippen LogP contribution in [-0.4, -0.2) is 11.1 Å². The number of aromatic nitrogens is 1. The van der Waals surface area contributed by atoms with Crippen molar-refractivity contribution in [3.05, 3.63) is 65.7 Å². The molecule has 1 aromatic carbocycles. The molecule has 1 unspecified atom stereocenters. The SMILES string of the molecule is O=C=NC(Cc1ccncc1)c1ccc(F)cc1. The van der Waals surface area contributed by atoms with Gasteiger partial charge in [-0.2, -0.15) is 4.99 Å². The molecule has 0 saturated heterocycles. The summed E-state index contributed by atoms with van der Waals surface area (Å²) < 4.78 is 12.8. The van der Waals surface area contributed by atoms with Gasteiger partial charge in [0.25, 0.3) is 0 Å². The summed E-state index contributed by atoms with van der Waals surface area (Å²) in [7, 11) is 0. The van der Waals surface area contributed by atoms with Crippen LogP contribution in [0.1, 0.15) is 17.2 Å². The van der Waals surface area contributed by atoms with Gasteiger partial charge < -0.3 is 0 Å². The Morgan fingerprint density at radius 2 is 1.83 bits per heavy atom. The molecule has 0 bridgehead atoms. The molecule has 3 nitrogen and oxygen atoms in total. The lowest BCUT2D eigenvalue weighted by molar-refractivity contribution is 0.556. The minimum absolute atomic E-state index is 0.309. The number of halogens is 1. The molecule has 2 aromatic rings. The molecule has 90 valence electrons. The Labute approximate surface area is 104 Å². The van der Waals surface area contributed by atoms with Crippen molar-refractivity contribution in [1.29, 1.82) is 0 Å². The summed E-state index contributed by atoms with van der Waals surface area (Å²) >= 11 is 0. The molecule has 1 aromatic heterocycles. The predicted molar refractivity (Wildman–Crippen MR) is 65.2 cm³/mol. The summed E-state index contributed by atoms with van der Waals surface area (Å²) in [5, 5.41) is 0. The molecule has 2 rings (SSSR count). The van der Waals surface area contributed by atoms with Crippen LogP contribution in [0.4, 0.5) is 4.39 Å². The van der Waals surface area contributed by atoms with Crippen molar-refractivity contribution in [3.8, 4) is 0 Å². The zero-order chi connectivity index (χ0) is 12.8. The van der Waals surface area contributed by atoms with Gasteiger partial charge in [0.2, 0.25) is 6.08 Å². The fourth-order valence-corrected chi connectivity index (χ4v) is 1.73. The van der Waals surface area contributed by atoms with E-state index in [1.165, 1.54) is 12.1 Å². The Balaban J connectivity index is 2.23. The second kappa shape index (κ2) is 5.84. The molecular formula is C14H11FN2O. The van der Waals surface area contributed by atoms with Gasteiger partial charge in [-0.15, -0.1) is 0 Å². The van der Waals surface area contributed by atoms with E-state index in [1.807, 2.05) is 12.1 Å². The normalized spacial score (nSPS) is 11.6. The van der Waals surface area contributed by atoms with Gasteiger partial charge in [-0.3, -0.25) is 4.98 Å². The van der Waals surface area contributed by atoms with Crippen molar-refractivity contribution in [1.82, 2.24) is 4.98 Å². The first-order chi connectivity index (χ1) is 8.79. The maximum absolute atomic E-state index is 12.8. The zero-order valence-corrected chi connectivity index (χ0v) is 9.58. The summed E-state index contributed by atoms with van der Waals surface area (Å²) in [5.41, 5.74) is 1.80. The van der Waals surface area contributed by atoms with Gasteiger partial charge in [0, 0.05) is 12.4 Å². The molecule has 0 fully saturated rings. The van der Waals surface area contributed by atoms with Crippen LogP contribution >= 0.6 is 0 Å². The number of hydrogen-bond acceptors (Lipinski definition) is 3. The van der Waals surface area contributed by atoms with E-state index >= 15 is 0 Å². The highest BCUT2D eigenvalue weighted by Crippen LogP contribution is 2.22. The van der Waals surface area contributed by atoms with Gasteiger partial charge in [0.15, 0.2) is 0 Å². The minimum atomic E-state index is -0.342. The van der Waals surface area contributed by atoms with Crippen molar-refractivity contribution in [3.63, 3.8) is 0 Å². The number of aliphatic imine (C=N–C) groups is 1.